The first-order valence-corrected chi connectivity index (χ1v) is 14.1. The number of carbonyl (C=O) groups excluding carboxylic acids is 1. The minimum atomic E-state index is -3.85. The van der Waals surface area contributed by atoms with E-state index in [0.717, 1.165) is 24.1 Å². The van der Waals surface area contributed by atoms with Crippen LogP contribution in [0.3, 0.4) is 0 Å². The predicted octanol–water partition coefficient (Wildman–Crippen LogP) is 4.60. The number of nitrogens with zero attached hydrogens (tertiary/aromatic N) is 2. The van der Waals surface area contributed by atoms with Crippen LogP contribution in [0.1, 0.15) is 23.6 Å². The van der Waals surface area contributed by atoms with Crippen molar-refractivity contribution in [2.24, 2.45) is 0 Å². The number of benzene rings is 3. The highest BCUT2D eigenvalue weighted by Gasteiger charge is 2.28. The van der Waals surface area contributed by atoms with E-state index in [4.69, 9.17) is 23.2 Å². The topological polar surface area (TPSA) is 90.0 Å². The molecule has 10 heteroatoms. The third kappa shape index (κ3) is 7.03. The standard InChI is InChI=1S/C27H29Cl2N3O4S/c1-31(26(20-5-3-2-4-6-20)18-32-14-13-22(33)17-32)27(34)15-19-7-9-21(10-8-19)30-37(35,36)23-11-12-24(28)25(29)16-23/h2-12,16,22,26,30,33H,13-15,17-18H2,1H3/t22-,26+/m0/s1. The van der Waals surface area contributed by atoms with Crippen molar-refractivity contribution in [2.75, 3.05) is 31.4 Å². The first kappa shape index (κ1) is 27.4. The van der Waals surface area contributed by atoms with Crippen LogP contribution in [0.25, 0.3) is 0 Å². The molecule has 37 heavy (non-hydrogen) atoms. The summed E-state index contributed by atoms with van der Waals surface area (Å²) in [6.45, 7) is 2.04. The number of likely N-dealkylation sites (N-methyl/N-ethyl adjacent to an activating group) is 1. The number of likely N-dealkylation sites (tertiary alicyclic amines) is 1. The number of rotatable bonds is 9. The van der Waals surface area contributed by atoms with Crippen LogP contribution in [0.5, 0.6) is 0 Å². The molecule has 1 saturated heterocycles. The van der Waals surface area contributed by atoms with Crippen LogP contribution in [0, 0.1) is 0 Å². The van der Waals surface area contributed by atoms with E-state index in [0.29, 0.717) is 18.8 Å². The van der Waals surface area contributed by atoms with Gasteiger partial charge in [0.15, 0.2) is 0 Å². The molecule has 1 fully saturated rings. The first-order chi connectivity index (χ1) is 17.6. The van der Waals surface area contributed by atoms with E-state index in [1.807, 2.05) is 30.3 Å². The summed E-state index contributed by atoms with van der Waals surface area (Å²) in [7, 11) is -2.05. The Morgan fingerprint density at radius 2 is 1.78 bits per heavy atom. The van der Waals surface area contributed by atoms with E-state index < -0.39 is 10.0 Å². The normalized spacial score (nSPS) is 16.9. The molecule has 1 amide bonds. The van der Waals surface area contributed by atoms with Gasteiger partial charge in [0.2, 0.25) is 5.91 Å². The van der Waals surface area contributed by atoms with Crippen molar-refractivity contribution in [3.8, 4) is 0 Å². The molecule has 0 aliphatic carbocycles. The molecular weight excluding hydrogens is 533 g/mol. The Labute approximate surface area is 227 Å². The average molecular weight is 563 g/mol. The maximum atomic E-state index is 13.2. The number of sulfonamides is 1. The summed E-state index contributed by atoms with van der Waals surface area (Å²) in [5, 5.41) is 10.4. The minimum Gasteiger partial charge on any atom is -0.392 e. The van der Waals surface area contributed by atoms with Gasteiger partial charge >= 0.3 is 0 Å². The van der Waals surface area contributed by atoms with Gasteiger partial charge in [0, 0.05) is 32.4 Å². The highest BCUT2D eigenvalue weighted by atomic mass is 35.5. The molecule has 0 bridgehead atoms. The fourth-order valence-corrected chi connectivity index (χ4v) is 5.82. The number of carbonyl (C=O) groups is 1. The van der Waals surface area contributed by atoms with Crippen LogP contribution < -0.4 is 4.72 Å². The van der Waals surface area contributed by atoms with E-state index >= 15 is 0 Å². The van der Waals surface area contributed by atoms with Crippen molar-refractivity contribution in [3.63, 3.8) is 0 Å². The molecule has 2 N–H and O–H groups in total. The molecule has 0 saturated carbocycles. The van der Waals surface area contributed by atoms with Crippen LogP contribution in [-0.2, 0) is 21.2 Å². The number of anilines is 1. The maximum Gasteiger partial charge on any atom is 0.261 e. The lowest BCUT2D eigenvalue weighted by Crippen LogP contribution is -2.39. The van der Waals surface area contributed by atoms with Crippen molar-refractivity contribution in [1.82, 2.24) is 9.80 Å². The van der Waals surface area contributed by atoms with Gasteiger partial charge in [0.25, 0.3) is 10.0 Å². The summed E-state index contributed by atoms with van der Waals surface area (Å²) in [6.07, 6.45) is 0.577. The zero-order chi connectivity index (χ0) is 26.6. The lowest BCUT2D eigenvalue weighted by Gasteiger charge is -2.32. The second kappa shape index (κ2) is 11.8. The van der Waals surface area contributed by atoms with Crippen molar-refractivity contribution in [2.45, 2.75) is 29.9 Å². The fraction of sp³-hybridized carbons (Fsp3) is 0.296. The van der Waals surface area contributed by atoms with Crippen LogP contribution in [0.2, 0.25) is 10.0 Å². The molecule has 4 rings (SSSR count). The zero-order valence-electron chi connectivity index (χ0n) is 20.3. The Balaban J connectivity index is 1.43. The molecule has 1 aliphatic heterocycles. The largest absolute Gasteiger partial charge is 0.392 e. The number of hydrogen-bond donors (Lipinski definition) is 2. The number of halogens is 2. The second-order valence-electron chi connectivity index (χ2n) is 9.19. The van der Waals surface area contributed by atoms with Gasteiger partial charge in [0.1, 0.15) is 0 Å². The number of nitrogens with one attached hydrogen (secondary N) is 1. The first-order valence-electron chi connectivity index (χ1n) is 11.9. The van der Waals surface area contributed by atoms with Crippen molar-refractivity contribution in [1.29, 1.82) is 0 Å². The fourth-order valence-electron chi connectivity index (χ4n) is 4.37. The van der Waals surface area contributed by atoms with E-state index in [1.165, 1.54) is 18.2 Å². The monoisotopic (exact) mass is 561 g/mol. The van der Waals surface area contributed by atoms with Gasteiger partial charge in [0.05, 0.1) is 33.5 Å². The number of aliphatic hydroxyl groups excluding tert-OH is 1. The lowest BCUT2D eigenvalue weighted by molar-refractivity contribution is -0.131. The molecule has 0 radical (unpaired) electrons. The second-order valence-corrected chi connectivity index (χ2v) is 11.7. The smallest absolute Gasteiger partial charge is 0.261 e. The van der Waals surface area contributed by atoms with E-state index in [2.05, 4.69) is 9.62 Å². The third-order valence-corrected chi connectivity index (χ3v) is 8.60. The molecule has 3 aromatic carbocycles. The summed E-state index contributed by atoms with van der Waals surface area (Å²) in [6, 6.07) is 20.5. The molecule has 0 aromatic heterocycles. The van der Waals surface area contributed by atoms with Gasteiger partial charge in [-0.1, -0.05) is 65.7 Å². The van der Waals surface area contributed by atoms with Gasteiger partial charge in [-0.05, 0) is 47.9 Å². The van der Waals surface area contributed by atoms with Gasteiger partial charge < -0.3 is 10.0 Å². The molecule has 7 nitrogen and oxygen atoms in total. The Bertz CT molecular complexity index is 1340. The SMILES string of the molecule is CN(C(=O)Cc1ccc(NS(=O)(=O)c2ccc(Cl)c(Cl)c2)cc1)[C@H](CN1CC[C@H](O)C1)c1ccccc1. The van der Waals surface area contributed by atoms with Gasteiger partial charge in [-0.2, -0.15) is 0 Å². The van der Waals surface area contributed by atoms with Crippen LogP contribution in [-0.4, -0.2) is 62.0 Å². The molecule has 2 atom stereocenters. The number of β-amino-alcohol motifs (C(OH)–C–C–N with tert-alkyl or cyclic N) is 1. The van der Waals surface area contributed by atoms with Gasteiger partial charge in [-0.3, -0.25) is 14.4 Å². The van der Waals surface area contributed by atoms with E-state index in [1.54, 1.807) is 36.2 Å². The molecule has 1 heterocycles. The molecule has 196 valence electrons. The molecule has 3 aromatic rings. The van der Waals surface area contributed by atoms with E-state index in [-0.39, 0.29) is 39.4 Å². The average Bonchev–Trinajstić information content (AvgIpc) is 3.30. The lowest BCUT2D eigenvalue weighted by atomic mass is 10.0. The van der Waals surface area contributed by atoms with Crippen LogP contribution in [0.4, 0.5) is 5.69 Å². The number of amides is 1. The predicted molar refractivity (Wildman–Crippen MR) is 146 cm³/mol. The van der Waals surface area contributed by atoms with Crippen molar-refractivity contribution >= 4 is 44.8 Å². The molecule has 0 spiro atoms. The Hall–Kier alpha value is -2.62. The molecule has 1 aliphatic rings. The van der Waals surface area contributed by atoms with Crippen molar-refractivity contribution < 1.29 is 18.3 Å². The summed E-state index contributed by atoms with van der Waals surface area (Å²) in [5.41, 5.74) is 2.16. The van der Waals surface area contributed by atoms with Gasteiger partial charge in [-0.15, -0.1) is 0 Å². The Kier molecular flexibility index (Phi) is 8.77. The number of aliphatic hydroxyl groups is 1. The van der Waals surface area contributed by atoms with E-state index in [9.17, 15) is 18.3 Å². The Morgan fingerprint density at radius 3 is 2.41 bits per heavy atom. The highest BCUT2D eigenvalue weighted by molar-refractivity contribution is 7.92. The number of hydrogen-bond acceptors (Lipinski definition) is 5. The van der Waals surface area contributed by atoms with Crippen molar-refractivity contribution in [3.05, 3.63) is 94.0 Å². The minimum absolute atomic E-state index is 0.000235. The summed E-state index contributed by atoms with van der Waals surface area (Å²) >= 11 is 11.8. The molecule has 0 unspecified atom stereocenters. The zero-order valence-corrected chi connectivity index (χ0v) is 22.7. The third-order valence-electron chi connectivity index (χ3n) is 6.49. The Morgan fingerprint density at radius 1 is 1.08 bits per heavy atom. The maximum absolute atomic E-state index is 13.2. The quantitative estimate of drug-likeness (QED) is 0.398. The summed E-state index contributed by atoms with van der Waals surface area (Å²) in [4.78, 5) is 17.2. The van der Waals surface area contributed by atoms with Crippen LogP contribution in [0.15, 0.2) is 77.7 Å². The molecular formula is C27H29Cl2N3O4S. The summed E-state index contributed by atoms with van der Waals surface area (Å²) in [5.74, 6) is -0.0577. The van der Waals surface area contributed by atoms with Gasteiger partial charge in [-0.25, -0.2) is 8.42 Å². The highest BCUT2D eigenvalue weighted by Crippen LogP contribution is 2.27. The van der Waals surface area contributed by atoms with Crippen LogP contribution >= 0.6 is 23.2 Å². The summed E-state index contributed by atoms with van der Waals surface area (Å²) < 4.78 is 27.9.